The predicted molar refractivity (Wildman–Crippen MR) is 66.5 cm³/mol. The lowest BCUT2D eigenvalue weighted by atomic mass is 9.89. The SMILES string of the molecule is CCOC1CC(NCc2cccc(C)c2)C1. The van der Waals surface area contributed by atoms with Crippen molar-refractivity contribution < 1.29 is 4.74 Å². The summed E-state index contributed by atoms with van der Waals surface area (Å²) in [6.07, 6.45) is 2.83. The summed E-state index contributed by atoms with van der Waals surface area (Å²) < 4.78 is 5.54. The molecule has 1 fully saturated rings. The van der Waals surface area contributed by atoms with Crippen LogP contribution in [0.4, 0.5) is 0 Å². The van der Waals surface area contributed by atoms with Gasteiger partial charge >= 0.3 is 0 Å². The molecule has 88 valence electrons. The topological polar surface area (TPSA) is 21.3 Å². The molecule has 0 atom stereocenters. The Hall–Kier alpha value is -0.860. The van der Waals surface area contributed by atoms with Crippen LogP contribution in [0, 0.1) is 6.92 Å². The first-order chi connectivity index (χ1) is 7.78. The lowest BCUT2D eigenvalue weighted by Gasteiger charge is -2.35. The summed E-state index contributed by atoms with van der Waals surface area (Å²) in [7, 11) is 0. The van der Waals surface area contributed by atoms with Crippen molar-refractivity contribution in [3.8, 4) is 0 Å². The summed E-state index contributed by atoms with van der Waals surface area (Å²) in [5, 5.41) is 3.57. The van der Waals surface area contributed by atoms with Crippen molar-refractivity contribution in [3.05, 3.63) is 35.4 Å². The first-order valence-electron chi connectivity index (χ1n) is 6.18. The Balaban J connectivity index is 1.69. The predicted octanol–water partition coefficient (Wildman–Crippen LogP) is 2.65. The van der Waals surface area contributed by atoms with E-state index in [0.29, 0.717) is 12.1 Å². The minimum Gasteiger partial charge on any atom is -0.378 e. The smallest absolute Gasteiger partial charge is 0.0604 e. The van der Waals surface area contributed by atoms with E-state index in [9.17, 15) is 0 Å². The Labute approximate surface area is 98.0 Å². The fraction of sp³-hybridized carbons (Fsp3) is 0.571. The highest BCUT2D eigenvalue weighted by Gasteiger charge is 2.28. The molecule has 1 saturated carbocycles. The van der Waals surface area contributed by atoms with Gasteiger partial charge in [-0.2, -0.15) is 0 Å². The molecule has 1 aliphatic rings. The van der Waals surface area contributed by atoms with Gasteiger partial charge in [0.1, 0.15) is 0 Å². The summed E-state index contributed by atoms with van der Waals surface area (Å²) in [4.78, 5) is 0. The lowest BCUT2D eigenvalue weighted by molar-refractivity contribution is -0.0102. The third-order valence-electron chi connectivity index (χ3n) is 3.17. The van der Waals surface area contributed by atoms with E-state index in [-0.39, 0.29) is 0 Å². The fourth-order valence-corrected chi connectivity index (χ4v) is 2.19. The maximum absolute atomic E-state index is 5.54. The molecule has 0 heterocycles. The molecule has 0 saturated heterocycles. The van der Waals surface area contributed by atoms with E-state index in [1.165, 1.54) is 24.0 Å². The van der Waals surface area contributed by atoms with Crippen molar-refractivity contribution in [1.82, 2.24) is 5.32 Å². The Morgan fingerprint density at radius 2 is 2.19 bits per heavy atom. The van der Waals surface area contributed by atoms with Crippen LogP contribution in [0.25, 0.3) is 0 Å². The third kappa shape index (κ3) is 3.06. The maximum Gasteiger partial charge on any atom is 0.0604 e. The fourth-order valence-electron chi connectivity index (χ4n) is 2.19. The zero-order valence-electron chi connectivity index (χ0n) is 10.2. The van der Waals surface area contributed by atoms with Gasteiger partial charge in [-0.25, -0.2) is 0 Å². The summed E-state index contributed by atoms with van der Waals surface area (Å²) in [5.74, 6) is 0. The number of rotatable bonds is 5. The van der Waals surface area contributed by atoms with E-state index in [1.807, 2.05) is 0 Å². The molecule has 0 unspecified atom stereocenters. The Morgan fingerprint density at radius 3 is 2.88 bits per heavy atom. The van der Waals surface area contributed by atoms with Crippen LogP contribution >= 0.6 is 0 Å². The molecule has 16 heavy (non-hydrogen) atoms. The van der Waals surface area contributed by atoms with Crippen LogP contribution in [-0.4, -0.2) is 18.8 Å². The highest BCUT2D eigenvalue weighted by atomic mass is 16.5. The second kappa shape index (κ2) is 5.46. The van der Waals surface area contributed by atoms with Crippen molar-refractivity contribution in [3.63, 3.8) is 0 Å². The number of benzene rings is 1. The van der Waals surface area contributed by atoms with Crippen molar-refractivity contribution in [2.24, 2.45) is 0 Å². The Kier molecular flexibility index (Phi) is 3.97. The summed E-state index contributed by atoms with van der Waals surface area (Å²) >= 11 is 0. The molecule has 0 bridgehead atoms. The van der Waals surface area contributed by atoms with Gasteiger partial charge in [0.2, 0.25) is 0 Å². The van der Waals surface area contributed by atoms with Gasteiger partial charge in [0.15, 0.2) is 0 Å². The van der Waals surface area contributed by atoms with Crippen LogP contribution in [-0.2, 0) is 11.3 Å². The molecular weight excluding hydrogens is 198 g/mol. The average molecular weight is 219 g/mol. The molecule has 1 aliphatic carbocycles. The number of hydrogen-bond donors (Lipinski definition) is 1. The molecule has 2 nitrogen and oxygen atoms in total. The third-order valence-corrected chi connectivity index (χ3v) is 3.17. The minimum atomic E-state index is 0.500. The normalized spacial score (nSPS) is 24.1. The van der Waals surface area contributed by atoms with Crippen LogP contribution in [0.15, 0.2) is 24.3 Å². The van der Waals surface area contributed by atoms with Crippen molar-refractivity contribution >= 4 is 0 Å². The second-order valence-corrected chi connectivity index (χ2v) is 4.62. The van der Waals surface area contributed by atoms with Gasteiger partial charge in [0.05, 0.1) is 6.10 Å². The van der Waals surface area contributed by atoms with Crippen LogP contribution in [0.3, 0.4) is 0 Å². The number of nitrogens with one attached hydrogen (secondary N) is 1. The summed E-state index contributed by atoms with van der Waals surface area (Å²) in [6.45, 7) is 6.02. The molecule has 2 rings (SSSR count). The van der Waals surface area contributed by atoms with Gasteiger partial charge in [0.25, 0.3) is 0 Å². The van der Waals surface area contributed by atoms with E-state index in [1.54, 1.807) is 0 Å². The molecule has 2 heteroatoms. The Morgan fingerprint density at radius 1 is 1.38 bits per heavy atom. The van der Waals surface area contributed by atoms with E-state index in [4.69, 9.17) is 4.74 Å². The first kappa shape index (κ1) is 11.6. The zero-order valence-corrected chi connectivity index (χ0v) is 10.2. The van der Waals surface area contributed by atoms with Gasteiger partial charge in [-0.1, -0.05) is 29.8 Å². The molecule has 0 amide bonds. The maximum atomic E-state index is 5.54. The van der Waals surface area contributed by atoms with Crippen molar-refractivity contribution in [2.45, 2.75) is 45.4 Å². The standard InChI is InChI=1S/C14H21NO/c1-3-16-14-8-13(9-14)15-10-12-6-4-5-11(2)7-12/h4-7,13-15H,3,8-10H2,1-2H3. The van der Waals surface area contributed by atoms with Crippen LogP contribution in [0.5, 0.6) is 0 Å². The molecule has 1 N–H and O–H groups in total. The van der Waals surface area contributed by atoms with Crippen molar-refractivity contribution in [1.29, 1.82) is 0 Å². The van der Waals surface area contributed by atoms with Gasteiger partial charge in [0, 0.05) is 19.2 Å². The van der Waals surface area contributed by atoms with E-state index in [0.717, 1.165) is 13.2 Å². The summed E-state index contributed by atoms with van der Waals surface area (Å²) in [5.41, 5.74) is 2.71. The highest BCUT2D eigenvalue weighted by molar-refractivity contribution is 5.22. The Bertz CT molecular complexity index is 331. The molecule has 1 aromatic carbocycles. The molecule has 1 aromatic rings. The van der Waals surface area contributed by atoms with Crippen LogP contribution < -0.4 is 5.32 Å². The molecule has 0 aliphatic heterocycles. The van der Waals surface area contributed by atoms with E-state index < -0.39 is 0 Å². The molecule has 0 aromatic heterocycles. The van der Waals surface area contributed by atoms with Gasteiger partial charge in [-0.3, -0.25) is 0 Å². The second-order valence-electron chi connectivity index (χ2n) is 4.62. The van der Waals surface area contributed by atoms with Gasteiger partial charge in [-0.15, -0.1) is 0 Å². The first-order valence-corrected chi connectivity index (χ1v) is 6.18. The monoisotopic (exact) mass is 219 g/mol. The zero-order chi connectivity index (χ0) is 11.4. The largest absolute Gasteiger partial charge is 0.378 e. The van der Waals surface area contributed by atoms with Gasteiger partial charge < -0.3 is 10.1 Å². The quantitative estimate of drug-likeness (QED) is 0.822. The average Bonchev–Trinajstić information content (AvgIpc) is 2.21. The lowest BCUT2D eigenvalue weighted by Crippen LogP contribution is -2.45. The number of ether oxygens (including phenoxy) is 1. The number of aryl methyl sites for hydroxylation is 1. The number of hydrogen-bond acceptors (Lipinski definition) is 2. The highest BCUT2D eigenvalue weighted by Crippen LogP contribution is 2.23. The molecule has 0 spiro atoms. The van der Waals surface area contributed by atoms with E-state index >= 15 is 0 Å². The summed E-state index contributed by atoms with van der Waals surface area (Å²) in [6, 6.07) is 9.33. The molecule has 0 radical (unpaired) electrons. The van der Waals surface area contributed by atoms with Crippen molar-refractivity contribution in [2.75, 3.05) is 6.61 Å². The van der Waals surface area contributed by atoms with Gasteiger partial charge in [-0.05, 0) is 32.3 Å². The van der Waals surface area contributed by atoms with E-state index in [2.05, 4.69) is 43.4 Å². The van der Waals surface area contributed by atoms with Crippen LogP contribution in [0.2, 0.25) is 0 Å². The molecular formula is C14H21NO. The van der Waals surface area contributed by atoms with Crippen LogP contribution in [0.1, 0.15) is 30.9 Å². The minimum absolute atomic E-state index is 0.500.